The van der Waals surface area contributed by atoms with Crippen LogP contribution >= 0.6 is 0 Å². The summed E-state index contributed by atoms with van der Waals surface area (Å²) in [4.78, 5) is 2.42. The van der Waals surface area contributed by atoms with Gasteiger partial charge in [0.2, 0.25) is 0 Å². The third-order valence-corrected chi connectivity index (χ3v) is 4.13. The van der Waals surface area contributed by atoms with Crippen LogP contribution in [0.3, 0.4) is 0 Å². The summed E-state index contributed by atoms with van der Waals surface area (Å²) in [5.74, 6) is 0. The second-order valence-electron chi connectivity index (χ2n) is 6.74. The van der Waals surface area contributed by atoms with E-state index in [0.29, 0.717) is 0 Å². The highest BCUT2D eigenvalue weighted by Gasteiger charge is 2.24. The van der Waals surface area contributed by atoms with Gasteiger partial charge in [-0.3, -0.25) is 4.68 Å². The van der Waals surface area contributed by atoms with E-state index in [1.165, 1.54) is 16.8 Å². The summed E-state index contributed by atoms with van der Waals surface area (Å²) in [5, 5.41) is 4.28. The summed E-state index contributed by atoms with van der Waals surface area (Å²) in [6.07, 6.45) is 5.18. The van der Waals surface area contributed by atoms with Crippen LogP contribution in [0.2, 0.25) is 0 Å². The molecule has 0 spiro atoms. The number of benzene rings is 1. The molecule has 1 aromatic heterocycles. The van der Waals surface area contributed by atoms with E-state index in [0.717, 1.165) is 19.5 Å². The molecule has 2 heterocycles. The van der Waals surface area contributed by atoms with Crippen LogP contribution < -0.4 is 4.90 Å². The molecule has 0 aliphatic carbocycles. The molecule has 1 aliphatic heterocycles. The minimum atomic E-state index is 0.224. The molecule has 1 aliphatic rings. The zero-order valence-corrected chi connectivity index (χ0v) is 12.8. The maximum Gasteiger partial charge on any atom is 0.0755 e. The van der Waals surface area contributed by atoms with Gasteiger partial charge in [-0.1, -0.05) is 39.0 Å². The Morgan fingerprint density at radius 3 is 2.65 bits per heavy atom. The van der Waals surface area contributed by atoms with Crippen molar-refractivity contribution >= 4 is 5.69 Å². The number of fused-ring (bicyclic) bond motifs is 1. The van der Waals surface area contributed by atoms with Crippen molar-refractivity contribution in [3.8, 4) is 0 Å². The fourth-order valence-corrected chi connectivity index (χ4v) is 3.10. The summed E-state index contributed by atoms with van der Waals surface area (Å²) in [6.45, 7) is 8.97. The second kappa shape index (κ2) is 4.65. The Kier molecular flexibility index (Phi) is 3.08. The van der Waals surface area contributed by atoms with Crippen LogP contribution in [0.25, 0.3) is 0 Å². The van der Waals surface area contributed by atoms with Crippen molar-refractivity contribution in [2.75, 3.05) is 11.4 Å². The molecule has 2 aromatic rings. The molecule has 3 nitrogen and oxygen atoms in total. The lowest BCUT2D eigenvalue weighted by Gasteiger charge is -2.33. The van der Waals surface area contributed by atoms with Gasteiger partial charge in [-0.05, 0) is 28.5 Å². The predicted molar refractivity (Wildman–Crippen MR) is 83.1 cm³/mol. The Morgan fingerprint density at radius 2 is 2.00 bits per heavy atom. The van der Waals surface area contributed by atoms with Gasteiger partial charge in [-0.25, -0.2) is 0 Å². The Balaban J connectivity index is 1.93. The first-order valence-corrected chi connectivity index (χ1v) is 7.30. The van der Waals surface area contributed by atoms with E-state index in [1.54, 1.807) is 5.56 Å². The number of hydrogen-bond acceptors (Lipinski definition) is 2. The average Bonchev–Trinajstić information content (AvgIpc) is 2.83. The number of nitrogens with zero attached hydrogens (tertiary/aromatic N) is 3. The predicted octanol–water partition coefficient (Wildman–Crippen LogP) is 3.28. The van der Waals surface area contributed by atoms with Gasteiger partial charge in [0, 0.05) is 26.3 Å². The summed E-state index contributed by atoms with van der Waals surface area (Å²) in [6, 6.07) is 6.76. The normalized spacial score (nSPS) is 15.3. The molecule has 0 radical (unpaired) electrons. The molecule has 1 aromatic carbocycles. The maximum absolute atomic E-state index is 4.28. The van der Waals surface area contributed by atoms with Gasteiger partial charge >= 0.3 is 0 Å². The van der Waals surface area contributed by atoms with Crippen molar-refractivity contribution in [3.05, 3.63) is 47.3 Å². The van der Waals surface area contributed by atoms with Crippen molar-refractivity contribution in [1.82, 2.24) is 9.78 Å². The SMILES string of the molecule is Cn1cc(N2CCc3c(cccc3C(C)(C)C)C2)cn1. The lowest BCUT2D eigenvalue weighted by atomic mass is 9.80. The monoisotopic (exact) mass is 269 g/mol. The molecule has 0 fully saturated rings. The van der Waals surface area contributed by atoms with Crippen molar-refractivity contribution < 1.29 is 0 Å². The van der Waals surface area contributed by atoms with Gasteiger partial charge < -0.3 is 4.90 Å². The molecule has 0 saturated carbocycles. The molecule has 0 unspecified atom stereocenters. The van der Waals surface area contributed by atoms with Gasteiger partial charge in [0.15, 0.2) is 0 Å². The van der Waals surface area contributed by atoms with Crippen LogP contribution in [0.15, 0.2) is 30.6 Å². The summed E-state index contributed by atoms with van der Waals surface area (Å²) in [5.41, 5.74) is 5.97. The quantitative estimate of drug-likeness (QED) is 0.792. The van der Waals surface area contributed by atoms with Crippen molar-refractivity contribution in [1.29, 1.82) is 0 Å². The molecule has 20 heavy (non-hydrogen) atoms. The van der Waals surface area contributed by atoms with Crippen LogP contribution in [0.1, 0.15) is 37.5 Å². The van der Waals surface area contributed by atoms with E-state index in [-0.39, 0.29) is 5.41 Å². The van der Waals surface area contributed by atoms with Gasteiger partial charge in [0.25, 0.3) is 0 Å². The summed E-state index contributed by atoms with van der Waals surface area (Å²) >= 11 is 0. The van der Waals surface area contributed by atoms with E-state index in [2.05, 4.69) is 55.2 Å². The topological polar surface area (TPSA) is 21.1 Å². The van der Waals surface area contributed by atoms with Crippen LogP contribution in [0, 0.1) is 0 Å². The first kappa shape index (κ1) is 13.2. The zero-order chi connectivity index (χ0) is 14.3. The summed E-state index contributed by atoms with van der Waals surface area (Å²) < 4.78 is 1.87. The molecule has 0 bridgehead atoms. The Hall–Kier alpha value is -1.77. The van der Waals surface area contributed by atoms with Crippen LogP contribution in [-0.4, -0.2) is 16.3 Å². The molecule has 0 N–H and O–H groups in total. The fraction of sp³-hybridized carbons (Fsp3) is 0.471. The molecule has 3 heteroatoms. The lowest BCUT2D eigenvalue weighted by molar-refractivity contribution is 0.574. The minimum absolute atomic E-state index is 0.224. The lowest BCUT2D eigenvalue weighted by Crippen LogP contribution is -2.32. The maximum atomic E-state index is 4.28. The standard InChI is InChI=1S/C17H23N3/c1-17(2,3)16-7-5-6-13-11-20(9-8-15(13)16)14-10-18-19(4)12-14/h5-7,10,12H,8-9,11H2,1-4H3. The Morgan fingerprint density at radius 1 is 1.20 bits per heavy atom. The van der Waals surface area contributed by atoms with Crippen molar-refractivity contribution in [3.63, 3.8) is 0 Å². The molecular formula is C17H23N3. The van der Waals surface area contributed by atoms with E-state index in [4.69, 9.17) is 0 Å². The van der Waals surface area contributed by atoms with Crippen LogP contribution in [-0.2, 0) is 25.4 Å². The van der Waals surface area contributed by atoms with E-state index in [1.807, 2.05) is 17.9 Å². The van der Waals surface area contributed by atoms with E-state index >= 15 is 0 Å². The summed E-state index contributed by atoms with van der Waals surface area (Å²) in [7, 11) is 1.97. The van der Waals surface area contributed by atoms with Gasteiger partial charge in [0.05, 0.1) is 11.9 Å². The van der Waals surface area contributed by atoms with E-state index < -0.39 is 0 Å². The first-order valence-electron chi connectivity index (χ1n) is 7.30. The molecule has 0 saturated heterocycles. The Bertz CT molecular complexity index is 619. The molecule has 0 amide bonds. The highest BCUT2D eigenvalue weighted by molar-refractivity contribution is 5.49. The highest BCUT2D eigenvalue weighted by atomic mass is 15.3. The molecular weight excluding hydrogens is 246 g/mol. The minimum Gasteiger partial charge on any atom is -0.364 e. The van der Waals surface area contributed by atoms with Gasteiger partial charge in [-0.15, -0.1) is 0 Å². The third-order valence-electron chi connectivity index (χ3n) is 4.13. The number of rotatable bonds is 1. The number of aromatic nitrogens is 2. The number of aryl methyl sites for hydroxylation is 1. The largest absolute Gasteiger partial charge is 0.364 e. The molecule has 106 valence electrons. The first-order chi connectivity index (χ1) is 9.45. The third kappa shape index (κ3) is 2.33. The Labute approximate surface area is 121 Å². The van der Waals surface area contributed by atoms with Gasteiger partial charge in [-0.2, -0.15) is 5.10 Å². The number of anilines is 1. The fourth-order valence-electron chi connectivity index (χ4n) is 3.10. The molecule has 0 atom stereocenters. The van der Waals surface area contributed by atoms with Gasteiger partial charge in [0.1, 0.15) is 0 Å². The van der Waals surface area contributed by atoms with Crippen molar-refractivity contribution in [2.45, 2.75) is 39.2 Å². The second-order valence-corrected chi connectivity index (χ2v) is 6.74. The van der Waals surface area contributed by atoms with Crippen molar-refractivity contribution in [2.24, 2.45) is 7.05 Å². The highest BCUT2D eigenvalue weighted by Crippen LogP contribution is 2.32. The van der Waals surface area contributed by atoms with Crippen LogP contribution in [0.4, 0.5) is 5.69 Å². The zero-order valence-electron chi connectivity index (χ0n) is 12.8. The number of hydrogen-bond donors (Lipinski definition) is 0. The molecule has 3 rings (SSSR count). The smallest absolute Gasteiger partial charge is 0.0755 e. The van der Waals surface area contributed by atoms with Crippen LogP contribution in [0.5, 0.6) is 0 Å². The van der Waals surface area contributed by atoms with E-state index in [9.17, 15) is 0 Å². The average molecular weight is 269 g/mol.